The van der Waals surface area contributed by atoms with Gasteiger partial charge in [-0.15, -0.1) is 0 Å². The lowest BCUT2D eigenvalue weighted by molar-refractivity contribution is -0.158. The summed E-state index contributed by atoms with van der Waals surface area (Å²) in [5, 5.41) is 2.82. The van der Waals surface area contributed by atoms with Gasteiger partial charge in [0.05, 0.1) is 0 Å². The average molecular weight is 266 g/mol. The second-order valence-electron chi connectivity index (χ2n) is 6.84. The fourth-order valence-corrected chi connectivity index (χ4v) is 3.48. The van der Waals surface area contributed by atoms with E-state index in [-0.39, 0.29) is 23.9 Å². The van der Waals surface area contributed by atoms with Crippen LogP contribution in [-0.2, 0) is 9.59 Å². The van der Waals surface area contributed by atoms with Crippen molar-refractivity contribution in [2.24, 2.45) is 11.8 Å². The highest BCUT2D eigenvalue weighted by Gasteiger charge is 2.48. The summed E-state index contributed by atoms with van der Waals surface area (Å²) in [6.45, 7) is 9.90. The minimum absolute atomic E-state index is 0.0324. The van der Waals surface area contributed by atoms with E-state index >= 15 is 0 Å². The molecule has 19 heavy (non-hydrogen) atoms. The Hall–Kier alpha value is -1.06. The largest absolute Gasteiger partial charge is 0.340 e. The van der Waals surface area contributed by atoms with Crippen LogP contribution in [0.2, 0.25) is 0 Å². The SMILES string of the molecule is CC1CCCC(N2C(=O)C(C)(C)NC(=O)C2C)C1C. The molecule has 4 atom stereocenters. The Morgan fingerprint density at radius 3 is 2.42 bits per heavy atom. The molecule has 4 nitrogen and oxygen atoms in total. The van der Waals surface area contributed by atoms with Gasteiger partial charge in [0.25, 0.3) is 0 Å². The number of carbonyl (C=O) groups excluding carboxylic acids is 2. The van der Waals surface area contributed by atoms with E-state index in [2.05, 4.69) is 19.2 Å². The summed E-state index contributed by atoms with van der Waals surface area (Å²) < 4.78 is 0. The molecule has 1 aliphatic heterocycles. The van der Waals surface area contributed by atoms with Crippen LogP contribution in [0.25, 0.3) is 0 Å². The quantitative estimate of drug-likeness (QED) is 0.788. The van der Waals surface area contributed by atoms with Crippen molar-refractivity contribution in [3.63, 3.8) is 0 Å². The second kappa shape index (κ2) is 4.80. The first-order chi connectivity index (χ1) is 8.75. The molecule has 2 amide bonds. The van der Waals surface area contributed by atoms with E-state index in [4.69, 9.17) is 0 Å². The molecular formula is C15H26N2O2. The summed E-state index contributed by atoms with van der Waals surface area (Å²) in [7, 11) is 0. The molecule has 4 heteroatoms. The molecule has 0 bridgehead atoms. The van der Waals surface area contributed by atoms with Gasteiger partial charge in [-0.1, -0.05) is 26.7 Å². The second-order valence-corrected chi connectivity index (χ2v) is 6.84. The first kappa shape index (κ1) is 14.4. The van der Waals surface area contributed by atoms with Crippen LogP contribution in [0.5, 0.6) is 0 Å². The zero-order valence-electron chi connectivity index (χ0n) is 12.7. The van der Waals surface area contributed by atoms with Crippen LogP contribution < -0.4 is 5.32 Å². The summed E-state index contributed by atoms with van der Waals surface area (Å²) in [4.78, 5) is 26.6. The van der Waals surface area contributed by atoms with Gasteiger partial charge in [0.2, 0.25) is 11.8 Å². The van der Waals surface area contributed by atoms with E-state index in [0.717, 1.165) is 12.8 Å². The molecule has 1 aliphatic carbocycles. The monoisotopic (exact) mass is 266 g/mol. The smallest absolute Gasteiger partial charge is 0.248 e. The topological polar surface area (TPSA) is 49.4 Å². The first-order valence-electron chi connectivity index (χ1n) is 7.40. The molecular weight excluding hydrogens is 240 g/mol. The number of carbonyl (C=O) groups is 2. The molecule has 0 aromatic rings. The summed E-state index contributed by atoms with van der Waals surface area (Å²) in [6.07, 6.45) is 3.39. The summed E-state index contributed by atoms with van der Waals surface area (Å²) >= 11 is 0. The minimum Gasteiger partial charge on any atom is -0.340 e. The lowest BCUT2D eigenvalue weighted by Gasteiger charge is -2.49. The lowest BCUT2D eigenvalue weighted by atomic mass is 9.76. The van der Waals surface area contributed by atoms with Gasteiger partial charge in [-0.3, -0.25) is 9.59 Å². The molecule has 2 aliphatic rings. The van der Waals surface area contributed by atoms with Crippen LogP contribution in [0.15, 0.2) is 0 Å². The molecule has 1 heterocycles. The van der Waals surface area contributed by atoms with Crippen LogP contribution in [0.3, 0.4) is 0 Å². The van der Waals surface area contributed by atoms with E-state index < -0.39 is 5.54 Å². The van der Waals surface area contributed by atoms with Crippen molar-refractivity contribution >= 4 is 11.8 Å². The van der Waals surface area contributed by atoms with Crippen LogP contribution in [-0.4, -0.2) is 34.3 Å². The first-order valence-corrected chi connectivity index (χ1v) is 7.40. The zero-order valence-corrected chi connectivity index (χ0v) is 12.7. The Morgan fingerprint density at radius 1 is 1.16 bits per heavy atom. The molecule has 2 rings (SSSR count). The predicted molar refractivity (Wildman–Crippen MR) is 74.5 cm³/mol. The zero-order chi connectivity index (χ0) is 14.4. The van der Waals surface area contributed by atoms with Gasteiger partial charge < -0.3 is 10.2 Å². The fourth-order valence-electron chi connectivity index (χ4n) is 3.48. The third-order valence-electron chi connectivity index (χ3n) is 5.02. The molecule has 0 aromatic heterocycles. The van der Waals surface area contributed by atoms with Crippen LogP contribution in [0, 0.1) is 11.8 Å². The third kappa shape index (κ3) is 2.37. The Kier molecular flexibility index (Phi) is 3.63. The van der Waals surface area contributed by atoms with E-state index in [1.54, 1.807) is 13.8 Å². The molecule has 4 unspecified atom stereocenters. The Bertz CT molecular complexity index is 392. The van der Waals surface area contributed by atoms with E-state index in [9.17, 15) is 9.59 Å². The molecule has 1 saturated carbocycles. The normalized spacial score (nSPS) is 39.1. The number of amides is 2. The van der Waals surface area contributed by atoms with Crippen LogP contribution in [0.4, 0.5) is 0 Å². The maximum Gasteiger partial charge on any atom is 0.248 e. The fraction of sp³-hybridized carbons (Fsp3) is 0.867. The summed E-state index contributed by atoms with van der Waals surface area (Å²) in [5.41, 5.74) is -0.774. The number of piperazine rings is 1. The van der Waals surface area contributed by atoms with Crippen LogP contribution >= 0.6 is 0 Å². The molecule has 2 fully saturated rings. The van der Waals surface area contributed by atoms with Crippen molar-refractivity contribution in [1.29, 1.82) is 0 Å². The average Bonchev–Trinajstić information content (AvgIpc) is 2.32. The van der Waals surface area contributed by atoms with Crippen molar-refractivity contribution in [3.8, 4) is 0 Å². The molecule has 1 saturated heterocycles. The molecule has 108 valence electrons. The highest BCUT2D eigenvalue weighted by atomic mass is 16.2. The van der Waals surface area contributed by atoms with Gasteiger partial charge in [0.15, 0.2) is 0 Å². The number of nitrogens with one attached hydrogen (secondary N) is 1. The lowest BCUT2D eigenvalue weighted by Crippen LogP contribution is -2.70. The molecule has 0 spiro atoms. The number of hydrogen-bond donors (Lipinski definition) is 1. The van der Waals surface area contributed by atoms with Crippen LogP contribution in [0.1, 0.15) is 53.9 Å². The Morgan fingerprint density at radius 2 is 1.79 bits per heavy atom. The van der Waals surface area contributed by atoms with Crippen molar-refractivity contribution in [1.82, 2.24) is 10.2 Å². The summed E-state index contributed by atoms with van der Waals surface area (Å²) in [5.74, 6) is 1.11. The third-order valence-corrected chi connectivity index (χ3v) is 5.02. The Labute approximate surface area is 115 Å². The van der Waals surface area contributed by atoms with E-state index in [1.165, 1.54) is 6.42 Å². The Balaban J connectivity index is 2.29. The maximum atomic E-state index is 12.7. The highest BCUT2D eigenvalue weighted by Crippen LogP contribution is 2.35. The van der Waals surface area contributed by atoms with Gasteiger partial charge in [0, 0.05) is 6.04 Å². The van der Waals surface area contributed by atoms with Crippen molar-refractivity contribution in [2.75, 3.05) is 0 Å². The molecule has 0 aromatic carbocycles. The van der Waals surface area contributed by atoms with E-state index in [0.29, 0.717) is 11.8 Å². The van der Waals surface area contributed by atoms with Gasteiger partial charge in [0.1, 0.15) is 11.6 Å². The van der Waals surface area contributed by atoms with Gasteiger partial charge >= 0.3 is 0 Å². The van der Waals surface area contributed by atoms with Crippen molar-refractivity contribution < 1.29 is 9.59 Å². The highest BCUT2D eigenvalue weighted by molar-refractivity contribution is 5.99. The van der Waals surface area contributed by atoms with Gasteiger partial charge in [-0.25, -0.2) is 0 Å². The number of nitrogens with zero attached hydrogens (tertiary/aromatic N) is 1. The van der Waals surface area contributed by atoms with Crippen molar-refractivity contribution in [3.05, 3.63) is 0 Å². The minimum atomic E-state index is -0.774. The maximum absolute atomic E-state index is 12.7. The standard InChI is InChI=1S/C15H26N2O2/c1-9-7-6-8-12(10(9)2)17-11(3)13(18)16-15(4,5)14(17)19/h9-12H,6-8H2,1-5H3,(H,16,18). The number of hydrogen-bond acceptors (Lipinski definition) is 2. The number of rotatable bonds is 1. The van der Waals surface area contributed by atoms with E-state index in [1.807, 2.05) is 11.8 Å². The van der Waals surface area contributed by atoms with Crippen molar-refractivity contribution in [2.45, 2.75) is 71.5 Å². The van der Waals surface area contributed by atoms with Gasteiger partial charge in [-0.05, 0) is 39.0 Å². The molecule has 0 radical (unpaired) electrons. The molecule has 1 N–H and O–H groups in total. The summed E-state index contributed by atoms with van der Waals surface area (Å²) in [6, 6.07) is -0.144. The predicted octanol–water partition coefficient (Wildman–Crippen LogP) is 1.94. The van der Waals surface area contributed by atoms with Gasteiger partial charge in [-0.2, -0.15) is 0 Å².